The van der Waals surface area contributed by atoms with E-state index in [1.54, 1.807) is 0 Å². The van der Waals surface area contributed by atoms with Crippen LogP contribution in [0.25, 0.3) is 11.3 Å². The van der Waals surface area contributed by atoms with E-state index in [1.165, 1.54) is 5.56 Å². The highest BCUT2D eigenvalue weighted by Crippen LogP contribution is 2.21. The Balaban J connectivity index is 1.87. The lowest BCUT2D eigenvalue weighted by Gasteiger charge is -2.07. The minimum atomic E-state index is 0.0865. The summed E-state index contributed by atoms with van der Waals surface area (Å²) in [5, 5.41) is 0. The fourth-order valence-electron chi connectivity index (χ4n) is 2.69. The molecule has 0 bridgehead atoms. The maximum Gasteiger partial charge on any atom is 0.220 e. The molecule has 4 heteroatoms. The Morgan fingerprint density at radius 2 is 1.80 bits per heavy atom. The number of Topliss-reactive ketones (excluding diaryl/α,β-unsaturated/α-hetero) is 1. The first-order valence-corrected chi connectivity index (χ1v) is 8.38. The molecule has 1 aromatic heterocycles. The summed E-state index contributed by atoms with van der Waals surface area (Å²) in [7, 11) is 0. The standard InChI is InChI=1S/C21H21N3O/c1-3-18-13-19(24-21(22)23-18)16-5-4-6-17(12-16)20(25)11-15-9-7-14(2)8-10-15/h4-10,12-13H,3,11H2,1-2H3,(H2,22,23,24). The number of nitrogen functional groups attached to an aromatic ring is 1. The molecule has 3 aromatic rings. The Morgan fingerprint density at radius 1 is 1.04 bits per heavy atom. The summed E-state index contributed by atoms with van der Waals surface area (Å²) in [6.07, 6.45) is 1.17. The van der Waals surface area contributed by atoms with Crippen LogP contribution in [0.2, 0.25) is 0 Å². The van der Waals surface area contributed by atoms with Crippen LogP contribution in [0.15, 0.2) is 54.6 Å². The van der Waals surface area contributed by atoms with Gasteiger partial charge in [0.15, 0.2) is 5.78 Å². The van der Waals surface area contributed by atoms with Crippen LogP contribution in [0.3, 0.4) is 0 Å². The molecule has 0 radical (unpaired) electrons. The number of aromatic nitrogens is 2. The van der Waals surface area contributed by atoms with Crippen LogP contribution in [-0.4, -0.2) is 15.8 Å². The van der Waals surface area contributed by atoms with Gasteiger partial charge in [0, 0.05) is 23.2 Å². The number of hydrogen-bond acceptors (Lipinski definition) is 4. The zero-order valence-electron chi connectivity index (χ0n) is 14.5. The first-order chi connectivity index (χ1) is 12.0. The van der Waals surface area contributed by atoms with E-state index in [2.05, 4.69) is 9.97 Å². The maximum atomic E-state index is 12.6. The second-order valence-electron chi connectivity index (χ2n) is 6.12. The van der Waals surface area contributed by atoms with Crippen LogP contribution in [0.5, 0.6) is 0 Å². The van der Waals surface area contributed by atoms with Crippen molar-refractivity contribution in [1.29, 1.82) is 0 Å². The summed E-state index contributed by atoms with van der Waals surface area (Å²) in [5.41, 5.74) is 11.2. The Labute approximate surface area is 147 Å². The number of carbonyl (C=O) groups is 1. The molecule has 0 aliphatic carbocycles. The lowest BCUT2D eigenvalue weighted by atomic mass is 9.99. The predicted octanol–water partition coefficient (Wildman–Crippen LogP) is 4.02. The zero-order valence-corrected chi connectivity index (χ0v) is 14.5. The highest BCUT2D eigenvalue weighted by Gasteiger charge is 2.10. The second kappa shape index (κ2) is 7.26. The average molecular weight is 331 g/mol. The number of anilines is 1. The van der Waals surface area contributed by atoms with Crippen molar-refractivity contribution in [2.75, 3.05) is 5.73 Å². The van der Waals surface area contributed by atoms with E-state index in [1.807, 2.05) is 68.4 Å². The zero-order chi connectivity index (χ0) is 17.8. The number of carbonyl (C=O) groups excluding carboxylic acids is 1. The van der Waals surface area contributed by atoms with Gasteiger partial charge < -0.3 is 5.73 Å². The number of benzene rings is 2. The van der Waals surface area contributed by atoms with Gasteiger partial charge in [0.05, 0.1) is 5.69 Å². The molecule has 0 atom stereocenters. The van der Waals surface area contributed by atoms with E-state index >= 15 is 0 Å². The van der Waals surface area contributed by atoms with Crippen molar-refractivity contribution in [3.8, 4) is 11.3 Å². The van der Waals surface area contributed by atoms with Crippen molar-refractivity contribution in [2.45, 2.75) is 26.7 Å². The van der Waals surface area contributed by atoms with Gasteiger partial charge in [-0.2, -0.15) is 0 Å². The van der Waals surface area contributed by atoms with Gasteiger partial charge in [0.2, 0.25) is 5.95 Å². The van der Waals surface area contributed by atoms with Gasteiger partial charge in [-0.3, -0.25) is 4.79 Å². The van der Waals surface area contributed by atoms with E-state index in [9.17, 15) is 4.79 Å². The third-order valence-electron chi connectivity index (χ3n) is 4.12. The highest BCUT2D eigenvalue weighted by molar-refractivity contribution is 5.98. The van der Waals surface area contributed by atoms with Gasteiger partial charge in [-0.25, -0.2) is 9.97 Å². The molecule has 0 unspecified atom stereocenters. The predicted molar refractivity (Wildman–Crippen MR) is 100 cm³/mol. The maximum absolute atomic E-state index is 12.6. The smallest absolute Gasteiger partial charge is 0.220 e. The molecule has 2 N–H and O–H groups in total. The number of ketones is 1. The number of hydrogen-bond donors (Lipinski definition) is 1. The van der Waals surface area contributed by atoms with Crippen LogP contribution in [0.1, 0.15) is 34.1 Å². The third kappa shape index (κ3) is 4.10. The molecule has 0 saturated heterocycles. The van der Waals surface area contributed by atoms with Crippen molar-refractivity contribution in [3.63, 3.8) is 0 Å². The molecule has 0 amide bonds. The highest BCUT2D eigenvalue weighted by atomic mass is 16.1. The summed E-state index contributed by atoms with van der Waals surface area (Å²) in [6.45, 7) is 4.06. The Kier molecular flexibility index (Phi) is 4.89. The fraction of sp³-hybridized carbons (Fsp3) is 0.190. The van der Waals surface area contributed by atoms with E-state index in [-0.39, 0.29) is 11.7 Å². The van der Waals surface area contributed by atoms with Gasteiger partial charge in [-0.15, -0.1) is 0 Å². The van der Waals surface area contributed by atoms with Crippen molar-refractivity contribution >= 4 is 11.7 Å². The molecule has 0 fully saturated rings. The lowest BCUT2D eigenvalue weighted by Crippen LogP contribution is -2.04. The Hall–Kier alpha value is -3.01. The minimum Gasteiger partial charge on any atom is -0.368 e. The Bertz CT molecular complexity index is 901. The van der Waals surface area contributed by atoms with Crippen molar-refractivity contribution in [2.24, 2.45) is 0 Å². The average Bonchev–Trinajstić information content (AvgIpc) is 2.63. The first-order valence-electron chi connectivity index (χ1n) is 8.38. The topological polar surface area (TPSA) is 68.9 Å². The van der Waals surface area contributed by atoms with Crippen LogP contribution in [0.4, 0.5) is 5.95 Å². The largest absolute Gasteiger partial charge is 0.368 e. The lowest BCUT2D eigenvalue weighted by molar-refractivity contribution is 0.0993. The first kappa shape index (κ1) is 16.8. The van der Waals surface area contributed by atoms with E-state index in [0.29, 0.717) is 12.0 Å². The molecule has 1 heterocycles. The molecule has 0 saturated carbocycles. The summed E-state index contributed by atoms with van der Waals surface area (Å²) in [6, 6.07) is 17.5. The molecular formula is C21H21N3O. The van der Waals surface area contributed by atoms with E-state index < -0.39 is 0 Å². The van der Waals surface area contributed by atoms with Gasteiger partial charge in [-0.05, 0) is 31.0 Å². The van der Waals surface area contributed by atoms with Gasteiger partial charge in [0.1, 0.15) is 0 Å². The molecular weight excluding hydrogens is 310 g/mol. The summed E-state index contributed by atoms with van der Waals surface area (Å²) in [4.78, 5) is 21.1. The van der Waals surface area contributed by atoms with Gasteiger partial charge >= 0.3 is 0 Å². The molecule has 25 heavy (non-hydrogen) atoms. The normalized spacial score (nSPS) is 10.6. The Morgan fingerprint density at radius 3 is 2.52 bits per heavy atom. The van der Waals surface area contributed by atoms with E-state index in [0.717, 1.165) is 28.9 Å². The molecule has 4 nitrogen and oxygen atoms in total. The molecule has 3 rings (SSSR count). The van der Waals surface area contributed by atoms with Crippen LogP contribution in [-0.2, 0) is 12.8 Å². The van der Waals surface area contributed by atoms with Crippen molar-refractivity contribution in [1.82, 2.24) is 9.97 Å². The molecule has 0 aliphatic rings. The number of nitrogens with zero attached hydrogens (tertiary/aromatic N) is 2. The molecule has 0 aliphatic heterocycles. The quantitative estimate of drug-likeness (QED) is 0.717. The number of rotatable bonds is 5. The monoisotopic (exact) mass is 331 g/mol. The SMILES string of the molecule is CCc1cc(-c2cccc(C(=O)Cc3ccc(C)cc3)c2)nc(N)n1. The molecule has 0 spiro atoms. The van der Waals surface area contributed by atoms with Crippen LogP contribution < -0.4 is 5.73 Å². The number of aryl methyl sites for hydroxylation is 2. The fourth-order valence-corrected chi connectivity index (χ4v) is 2.69. The van der Waals surface area contributed by atoms with Crippen molar-refractivity contribution < 1.29 is 4.79 Å². The second-order valence-corrected chi connectivity index (χ2v) is 6.12. The summed E-state index contributed by atoms with van der Waals surface area (Å²) < 4.78 is 0. The molecule has 126 valence electrons. The van der Waals surface area contributed by atoms with Crippen LogP contribution >= 0.6 is 0 Å². The number of nitrogens with two attached hydrogens (primary N) is 1. The minimum absolute atomic E-state index is 0.0865. The van der Waals surface area contributed by atoms with Crippen molar-refractivity contribution in [3.05, 3.63) is 77.0 Å². The third-order valence-corrected chi connectivity index (χ3v) is 4.12. The van der Waals surface area contributed by atoms with Gasteiger partial charge in [0.25, 0.3) is 0 Å². The van der Waals surface area contributed by atoms with Gasteiger partial charge in [-0.1, -0.05) is 55.0 Å². The summed E-state index contributed by atoms with van der Waals surface area (Å²) in [5.74, 6) is 0.342. The van der Waals surface area contributed by atoms with Crippen LogP contribution in [0, 0.1) is 6.92 Å². The molecule has 2 aromatic carbocycles. The van der Waals surface area contributed by atoms with E-state index in [4.69, 9.17) is 5.73 Å². The summed E-state index contributed by atoms with van der Waals surface area (Å²) >= 11 is 0.